The maximum atomic E-state index is 11.1. The van der Waals surface area contributed by atoms with E-state index in [1.807, 2.05) is 0 Å². The van der Waals surface area contributed by atoms with Crippen LogP contribution in [0.25, 0.3) is 0 Å². The minimum Gasteiger partial charge on any atom is -0.479 e. The third-order valence-electron chi connectivity index (χ3n) is 1.93. The van der Waals surface area contributed by atoms with Crippen molar-refractivity contribution in [1.29, 1.82) is 0 Å². The predicted octanol–water partition coefficient (Wildman–Crippen LogP) is 0.141. The van der Waals surface area contributed by atoms with Crippen LogP contribution in [0.5, 0.6) is 0 Å². The molecule has 0 aromatic carbocycles. The van der Waals surface area contributed by atoms with E-state index >= 15 is 0 Å². The molecule has 0 saturated carbocycles. The summed E-state index contributed by atoms with van der Waals surface area (Å²) in [5.41, 5.74) is 0. The lowest BCUT2D eigenvalue weighted by atomic mass is 10.2. The van der Waals surface area contributed by atoms with Crippen molar-refractivity contribution in [2.75, 3.05) is 13.2 Å². The number of aliphatic carboxylic acids is 1. The summed E-state index contributed by atoms with van der Waals surface area (Å²) in [5, 5.41) is 11.1. The molecule has 15 heavy (non-hydrogen) atoms. The normalized spacial score (nSPS) is 24.5. The van der Waals surface area contributed by atoms with Crippen molar-refractivity contribution in [2.24, 2.45) is 0 Å². The molecule has 0 spiro atoms. The lowest BCUT2D eigenvalue weighted by molar-refractivity contribution is -0.147. The van der Waals surface area contributed by atoms with Gasteiger partial charge in [-0.25, -0.2) is 9.59 Å². The highest BCUT2D eigenvalue weighted by molar-refractivity contribution is 5.73. The molecule has 6 heteroatoms. The molecule has 1 saturated heterocycles. The lowest BCUT2D eigenvalue weighted by Crippen LogP contribution is -2.36. The number of rotatable bonds is 4. The van der Waals surface area contributed by atoms with Crippen LogP contribution >= 0.6 is 0 Å². The highest BCUT2D eigenvalue weighted by Gasteiger charge is 2.31. The first kappa shape index (κ1) is 11.5. The number of amides is 1. The van der Waals surface area contributed by atoms with Crippen molar-refractivity contribution in [3.05, 3.63) is 12.7 Å². The minimum absolute atomic E-state index is 0.127. The molecule has 2 N–H and O–H groups in total. The molecule has 0 bridgehead atoms. The van der Waals surface area contributed by atoms with Crippen molar-refractivity contribution in [2.45, 2.75) is 18.6 Å². The number of carbonyl (C=O) groups excluding carboxylic acids is 1. The summed E-state index contributed by atoms with van der Waals surface area (Å²) in [6.45, 7) is 3.71. The molecule has 1 amide bonds. The zero-order chi connectivity index (χ0) is 11.3. The summed E-state index contributed by atoms with van der Waals surface area (Å²) in [7, 11) is 0. The van der Waals surface area contributed by atoms with E-state index in [0.717, 1.165) is 0 Å². The molecule has 0 radical (unpaired) electrons. The van der Waals surface area contributed by atoms with Gasteiger partial charge in [0.05, 0.1) is 12.6 Å². The second-order valence-electron chi connectivity index (χ2n) is 3.12. The maximum Gasteiger partial charge on any atom is 0.407 e. The van der Waals surface area contributed by atoms with Crippen LogP contribution < -0.4 is 5.32 Å². The first-order chi connectivity index (χ1) is 7.13. The van der Waals surface area contributed by atoms with E-state index in [9.17, 15) is 9.59 Å². The van der Waals surface area contributed by atoms with E-state index < -0.39 is 18.2 Å². The number of carboxylic acids is 1. The fourth-order valence-corrected chi connectivity index (χ4v) is 1.24. The van der Waals surface area contributed by atoms with E-state index in [4.69, 9.17) is 9.84 Å². The summed E-state index contributed by atoms with van der Waals surface area (Å²) in [5.74, 6) is -1.02. The Hall–Kier alpha value is -1.56. The zero-order valence-electron chi connectivity index (χ0n) is 8.14. The van der Waals surface area contributed by atoms with E-state index in [-0.39, 0.29) is 25.7 Å². The Morgan fingerprint density at radius 1 is 1.67 bits per heavy atom. The fourth-order valence-electron chi connectivity index (χ4n) is 1.24. The first-order valence-electron chi connectivity index (χ1n) is 4.52. The van der Waals surface area contributed by atoms with Crippen molar-refractivity contribution in [3.63, 3.8) is 0 Å². The standard InChI is InChI=1S/C9H13NO5/c1-2-3-14-9(13)10-6-4-7(8(11)12)15-5-6/h2,6-7H,1,3-5H2,(H,10,13)(H,11,12)/t6-,7-/m1/s1. The monoisotopic (exact) mass is 215 g/mol. The van der Waals surface area contributed by atoms with Gasteiger partial charge < -0.3 is 19.9 Å². The highest BCUT2D eigenvalue weighted by Crippen LogP contribution is 2.13. The van der Waals surface area contributed by atoms with Crippen LogP contribution in [-0.2, 0) is 14.3 Å². The van der Waals surface area contributed by atoms with Crippen molar-refractivity contribution in [1.82, 2.24) is 5.32 Å². The summed E-state index contributed by atoms with van der Waals surface area (Å²) >= 11 is 0. The van der Waals surface area contributed by atoms with E-state index in [1.54, 1.807) is 0 Å². The summed E-state index contributed by atoms with van der Waals surface area (Å²) in [6.07, 6.45) is 0.285. The van der Waals surface area contributed by atoms with Crippen LogP contribution in [0.2, 0.25) is 0 Å². The number of nitrogens with one attached hydrogen (secondary N) is 1. The fraction of sp³-hybridized carbons (Fsp3) is 0.556. The molecule has 1 rings (SSSR count). The summed E-state index contributed by atoms with van der Waals surface area (Å²) < 4.78 is 9.62. The Balaban J connectivity index is 2.26. The zero-order valence-corrected chi connectivity index (χ0v) is 8.14. The number of hydrogen-bond acceptors (Lipinski definition) is 4. The van der Waals surface area contributed by atoms with Gasteiger partial charge in [0.25, 0.3) is 0 Å². The van der Waals surface area contributed by atoms with Gasteiger partial charge in [0.2, 0.25) is 0 Å². The number of alkyl carbamates (subject to hydrolysis) is 1. The van der Waals surface area contributed by atoms with Gasteiger partial charge in [0.15, 0.2) is 6.10 Å². The van der Waals surface area contributed by atoms with Crippen LogP contribution in [-0.4, -0.2) is 42.5 Å². The first-order valence-corrected chi connectivity index (χ1v) is 4.52. The minimum atomic E-state index is -1.02. The number of carboxylic acid groups (broad SMARTS) is 1. The Bertz CT molecular complexity index is 265. The summed E-state index contributed by atoms with van der Waals surface area (Å²) in [6, 6.07) is -0.302. The van der Waals surface area contributed by atoms with Gasteiger partial charge in [-0.15, -0.1) is 0 Å². The molecule has 1 heterocycles. The predicted molar refractivity (Wildman–Crippen MR) is 50.5 cm³/mol. The Morgan fingerprint density at radius 2 is 2.40 bits per heavy atom. The van der Waals surface area contributed by atoms with Crippen LogP contribution in [0.1, 0.15) is 6.42 Å². The molecule has 84 valence electrons. The largest absolute Gasteiger partial charge is 0.479 e. The average molecular weight is 215 g/mol. The van der Waals surface area contributed by atoms with Crippen molar-refractivity contribution >= 4 is 12.1 Å². The van der Waals surface area contributed by atoms with Crippen LogP contribution in [0.15, 0.2) is 12.7 Å². The molecule has 6 nitrogen and oxygen atoms in total. The van der Waals surface area contributed by atoms with Gasteiger partial charge in [0, 0.05) is 6.42 Å². The van der Waals surface area contributed by atoms with Crippen LogP contribution in [0, 0.1) is 0 Å². The molecular weight excluding hydrogens is 202 g/mol. The van der Waals surface area contributed by atoms with Crippen LogP contribution in [0.3, 0.4) is 0 Å². The molecule has 0 aromatic rings. The molecule has 0 aromatic heterocycles. The lowest BCUT2D eigenvalue weighted by Gasteiger charge is -2.09. The van der Waals surface area contributed by atoms with Crippen LogP contribution in [0.4, 0.5) is 4.79 Å². The van der Waals surface area contributed by atoms with Gasteiger partial charge in [-0.3, -0.25) is 0 Å². The van der Waals surface area contributed by atoms with Gasteiger partial charge in [-0.2, -0.15) is 0 Å². The Morgan fingerprint density at radius 3 is 2.93 bits per heavy atom. The molecule has 0 unspecified atom stereocenters. The Kier molecular flexibility index (Phi) is 4.11. The third kappa shape index (κ3) is 3.59. The number of ether oxygens (including phenoxy) is 2. The third-order valence-corrected chi connectivity index (χ3v) is 1.93. The van der Waals surface area contributed by atoms with Gasteiger partial charge in [0.1, 0.15) is 6.61 Å². The molecular formula is C9H13NO5. The van der Waals surface area contributed by atoms with Gasteiger partial charge in [-0.05, 0) is 0 Å². The molecule has 1 aliphatic heterocycles. The Labute approximate surface area is 86.9 Å². The van der Waals surface area contributed by atoms with Crippen molar-refractivity contribution in [3.8, 4) is 0 Å². The van der Waals surface area contributed by atoms with Crippen molar-refractivity contribution < 1.29 is 24.2 Å². The van der Waals surface area contributed by atoms with E-state index in [1.165, 1.54) is 6.08 Å². The molecule has 2 atom stereocenters. The molecule has 1 aliphatic rings. The highest BCUT2D eigenvalue weighted by atomic mass is 16.6. The number of hydrogen-bond donors (Lipinski definition) is 2. The second-order valence-corrected chi connectivity index (χ2v) is 3.12. The topological polar surface area (TPSA) is 84.9 Å². The summed E-state index contributed by atoms with van der Waals surface area (Å²) in [4.78, 5) is 21.6. The van der Waals surface area contributed by atoms with Gasteiger partial charge >= 0.3 is 12.1 Å². The average Bonchev–Trinajstić information content (AvgIpc) is 2.63. The quantitative estimate of drug-likeness (QED) is 0.651. The maximum absolute atomic E-state index is 11.1. The smallest absolute Gasteiger partial charge is 0.407 e. The SMILES string of the molecule is C=CCOC(=O)N[C@H]1CO[C@@H](C(=O)O)C1. The van der Waals surface area contributed by atoms with E-state index in [2.05, 4.69) is 16.6 Å². The molecule has 0 aliphatic carbocycles. The molecule has 1 fully saturated rings. The van der Waals surface area contributed by atoms with E-state index in [0.29, 0.717) is 0 Å². The second kappa shape index (κ2) is 5.35. The number of carbonyl (C=O) groups is 2. The van der Waals surface area contributed by atoms with Gasteiger partial charge in [-0.1, -0.05) is 12.7 Å².